The summed E-state index contributed by atoms with van der Waals surface area (Å²) < 4.78 is 0. The molecule has 0 fully saturated rings. The number of benzene rings is 1. The van der Waals surface area contributed by atoms with Crippen LogP contribution in [0.25, 0.3) is 0 Å². The molecule has 0 aliphatic heterocycles. The molecule has 2 aromatic rings. The molecule has 5 atom stereocenters. The molecule has 0 aliphatic carbocycles. The number of amides is 4. The molecule has 0 spiro atoms. The number of hydrogen-bond acceptors (Lipinski definition) is 18. The average molecular weight is 879 g/mol. The molecule has 26 heteroatoms. The number of hydrogen-bond donors (Lipinski definition) is 12. The first-order valence-corrected chi connectivity index (χ1v) is 20.1. The minimum absolute atomic E-state index is 0.00422. The molecule has 1 heterocycles. The summed E-state index contributed by atoms with van der Waals surface area (Å²) in [5, 5.41) is 49.9. The highest BCUT2D eigenvalue weighted by molar-refractivity contribution is 8.76. The summed E-state index contributed by atoms with van der Waals surface area (Å²) in [6, 6.07) is 2.20. The maximum Gasteiger partial charge on any atom is 0.305 e. The van der Waals surface area contributed by atoms with Gasteiger partial charge in [-0.1, -0.05) is 41.1 Å². The van der Waals surface area contributed by atoms with Crippen molar-refractivity contribution in [3.05, 3.63) is 63.8 Å². The van der Waals surface area contributed by atoms with Gasteiger partial charge in [0.05, 0.1) is 42.6 Å². The standard InChI is InChI=1S/C34H46N12O12S2/c1-17(48)19-11-25(46(57)58)33(41-13-19)60-59-16-24(30(35)54)42-23(15-47)29(53)28(52)20(8-5-9-39-34(36)37)43-26(49)14-40-31(55)21(12-27(50)51)44-32(56)22(45-38)10-18-6-3-2-4-7-18/h2-4,6-7,11,13,20-24,42,45,47H,5,8-10,12,14-16,38H2,1H3,(H2,35,54)(H,40,55)(H,43,49)(H,44,56)(H,50,51)(H4,36,37,39)/t20-,21-,22?,23-,24-/m0/s1. The first-order chi connectivity index (χ1) is 28.4. The van der Waals surface area contributed by atoms with E-state index in [2.05, 4.69) is 37.0 Å². The molecule has 1 aromatic carbocycles. The number of hydrazine groups is 1. The van der Waals surface area contributed by atoms with Crippen molar-refractivity contribution in [2.45, 2.75) is 67.8 Å². The number of carboxylic acids is 1. The fourth-order valence-corrected chi connectivity index (χ4v) is 7.29. The van der Waals surface area contributed by atoms with Crippen LogP contribution in [-0.4, -0.2) is 129 Å². The lowest BCUT2D eigenvalue weighted by atomic mass is 9.98. The predicted octanol–water partition coefficient (Wildman–Crippen LogP) is -3.23. The van der Waals surface area contributed by atoms with Crippen molar-refractivity contribution in [3.8, 4) is 0 Å². The summed E-state index contributed by atoms with van der Waals surface area (Å²) in [4.78, 5) is 116. The van der Waals surface area contributed by atoms with E-state index in [-0.39, 0.29) is 42.1 Å². The normalized spacial score (nSPS) is 13.3. The molecule has 60 heavy (non-hydrogen) atoms. The van der Waals surface area contributed by atoms with Gasteiger partial charge in [0.1, 0.15) is 12.1 Å². The maximum atomic E-state index is 13.5. The van der Waals surface area contributed by atoms with Crippen molar-refractivity contribution in [1.82, 2.24) is 37.0 Å². The van der Waals surface area contributed by atoms with Crippen LogP contribution in [0.4, 0.5) is 5.69 Å². The minimum atomic E-state index is -1.74. The van der Waals surface area contributed by atoms with Gasteiger partial charge in [0, 0.05) is 30.1 Å². The van der Waals surface area contributed by atoms with Gasteiger partial charge in [-0.15, -0.1) is 0 Å². The lowest BCUT2D eigenvalue weighted by Crippen LogP contribution is -2.57. The first-order valence-electron chi connectivity index (χ1n) is 17.7. The number of aliphatic hydroxyl groups excluding tert-OH is 1. The number of pyridine rings is 1. The Morgan fingerprint density at radius 2 is 1.60 bits per heavy atom. The Morgan fingerprint density at radius 3 is 2.17 bits per heavy atom. The number of rotatable bonds is 28. The van der Waals surface area contributed by atoms with Gasteiger partial charge in [-0.3, -0.25) is 65.0 Å². The quantitative estimate of drug-likeness (QED) is 0.00460. The third-order valence-corrected chi connectivity index (χ3v) is 10.5. The molecular formula is C34H46N12O12S2. The molecule has 0 bridgehead atoms. The van der Waals surface area contributed by atoms with E-state index in [4.69, 9.17) is 22.7 Å². The van der Waals surface area contributed by atoms with Crippen molar-refractivity contribution < 1.29 is 53.5 Å². The second-order valence-corrected chi connectivity index (χ2v) is 15.0. The molecule has 24 nitrogen and oxygen atoms in total. The SMILES string of the molecule is CC(=O)c1cnc(SSC[C@H](N[C@@H](CO)C(=O)C(=O)[C@H](CCCNC(=N)N)NC(=O)CNC(=O)[C@H](CC(=O)O)NC(=O)C(Cc2ccccc2)NN)C(N)=O)c([N+](=O)[O-])c1. The molecule has 326 valence electrons. The molecule has 1 unspecified atom stereocenters. The van der Waals surface area contributed by atoms with Gasteiger partial charge in [0.2, 0.25) is 35.2 Å². The number of nitrogens with zero attached hydrogens (tertiary/aromatic N) is 2. The predicted molar refractivity (Wildman–Crippen MR) is 216 cm³/mol. The highest BCUT2D eigenvalue weighted by atomic mass is 33.1. The van der Waals surface area contributed by atoms with Crippen molar-refractivity contribution in [2.75, 3.05) is 25.4 Å². The Labute approximate surface area is 349 Å². The summed E-state index contributed by atoms with van der Waals surface area (Å²) in [6.07, 6.45) is 0.137. The molecule has 0 saturated heterocycles. The Morgan fingerprint density at radius 1 is 0.933 bits per heavy atom. The van der Waals surface area contributed by atoms with Crippen LogP contribution in [0, 0.1) is 15.5 Å². The van der Waals surface area contributed by atoms with Gasteiger partial charge in [-0.05, 0) is 42.5 Å². The van der Waals surface area contributed by atoms with Gasteiger partial charge >= 0.3 is 11.7 Å². The molecule has 4 amide bonds. The number of carbonyl (C=O) groups is 8. The molecule has 0 radical (unpaired) electrons. The van der Waals surface area contributed by atoms with E-state index >= 15 is 0 Å². The van der Waals surface area contributed by atoms with Crippen molar-refractivity contribution >= 4 is 80.2 Å². The van der Waals surface area contributed by atoms with Crippen LogP contribution in [0.2, 0.25) is 0 Å². The third kappa shape index (κ3) is 17.0. The molecule has 2 rings (SSSR count). The molecule has 0 aliphatic rings. The summed E-state index contributed by atoms with van der Waals surface area (Å²) in [5.41, 5.74) is 13.3. The van der Waals surface area contributed by atoms with E-state index in [1.807, 2.05) is 0 Å². The number of aliphatic hydroxyl groups is 1. The summed E-state index contributed by atoms with van der Waals surface area (Å²) >= 11 is 0. The smallest absolute Gasteiger partial charge is 0.305 e. The lowest BCUT2D eigenvalue weighted by Gasteiger charge is -2.24. The number of nitrogens with one attached hydrogen (secondary N) is 7. The highest BCUT2D eigenvalue weighted by Gasteiger charge is 2.35. The second kappa shape index (κ2) is 25.4. The number of carboxylic acid groups (broad SMARTS) is 1. The van der Waals surface area contributed by atoms with Crippen LogP contribution < -0.4 is 49.3 Å². The summed E-state index contributed by atoms with van der Waals surface area (Å²) in [6.45, 7) is -0.670. The van der Waals surface area contributed by atoms with Gasteiger partial charge in [-0.2, -0.15) is 0 Å². The van der Waals surface area contributed by atoms with E-state index in [0.29, 0.717) is 5.56 Å². The zero-order valence-electron chi connectivity index (χ0n) is 32.0. The number of nitrogens with two attached hydrogens (primary N) is 3. The number of ketones is 3. The molecule has 0 saturated carbocycles. The topological polar surface area (TPSA) is 407 Å². The number of aliphatic carboxylic acids is 1. The number of aromatic nitrogens is 1. The van der Waals surface area contributed by atoms with Crippen LogP contribution in [0.15, 0.2) is 47.6 Å². The minimum Gasteiger partial charge on any atom is -0.481 e. The first kappa shape index (κ1) is 50.1. The monoisotopic (exact) mass is 878 g/mol. The van der Waals surface area contributed by atoms with E-state index < -0.39 is 113 Å². The summed E-state index contributed by atoms with van der Waals surface area (Å²) in [5.74, 6) is -3.58. The van der Waals surface area contributed by atoms with E-state index in [1.165, 1.54) is 6.92 Å². The second-order valence-electron chi connectivity index (χ2n) is 12.7. The van der Waals surface area contributed by atoms with Gasteiger partial charge < -0.3 is 42.9 Å². The average Bonchev–Trinajstić information content (AvgIpc) is 3.20. The van der Waals surface area contributed by atoms with Crippen LogP contribution in [0.5, 0.6) is 0 Å². The molecule has 1 aromatic heterocycles. The van der Waals surface area contributed by atoms with Crippen LogP contribution >= 0.6 is 21.6 Å². The van der Waals surface area contributed by atoms with E-state index in [0.717, 1.165) is 33.9 Å². The number of nitro groups is 1. The zero-order valence-corrected chi connectivity index (χ0v) is 33.6. The molecular weight excluding hydrogens is 833 g/mol. The Hall–Kier alpha value is -6.06. The largest absolute Gasteiger partial charge is 0.481 e. The van der Waals surface area contributed by atoms with Crippen molar-refractivity contribution in [2.24, 2.45) is 17.3 Å². The van der Waals surface area contributed by atoms with Crippen LogP contribution in [0.1, 0.15) is 42.1 Å². The lowest BCUT2D eigenvalue weighted by molar-refractivity contribution is -0.388. The Bertz CT molecular complexity index is 1910. The van der Waals surface area contributed by atoms with Crippen molar-refractivity contribution in [1.29, 1.82) is 5.41 Å². The number of carbonyl (C=O) groups excluding carboxylic acids is 7. The fraction of sp³-hybridized carbons (Fsp3) is 0.412. The van der Waals surface area contributed by atoms with Crippen molar-refractivity contribution in [3.63, 3.8) is 0 Å². The zero-order chi connectivity index (χ0) is 44.9. The van der Waals surface area contributed by atoms with Gasteiger partial charge in [-0.25, -0.2) is 10.4 Å². The summed E-state index contributed by atoms with van der Waals surface area (Å²) in [7, 11) is 1.60. The van der Waals surface area contributed by atoms with Crippen LogP contribution in [-0.2, 0) is 40.0 Å². The number of Topliss-reactive ketones (excluding diaryl/α,β-unsaturated/α-hetero) is 3. The van der Waals surface area contributed by atoms with Crippen LogP contribution in [0.3, 0.4) is 0 Å². The number of primary amides is 1. The van der Waals surface area contributed by atoms with E-state index in [9.17, 15) is 58.7 Å². The number of guanidine groups is 1. The Balaban J connectivity index is 2.14. The fourth-order valence-electron chi connectivity index (χ4n) is 5.06. The Kier molecular flexibility index (Phi) is 21.2. The molecule has 15 N–H and O–H groups in total. The third-order valence-electron chi connectivity index (χ3n) is 8.17. The van der Waals surface area contributed by atoms with Gasteiger partial charge in [0.15, 0.2) is 16.8 Å². The van der Waals surface area contributed by atoms with Gasteiger partial charge in [0.25, 0.3) is 0 Å². The maximum absolute atomic E-state index is 13.5. The van der Waals surface area contributed by atoms with E-state index in [1.54, 1.807) is 30.3 Å². The highest BCUT2D eigenvalue weighted by Crippen LogP contribution is 2.36.